The van der Waals surface area contributed by atoms with E-state index in [1.807, 2.05) is 0 Å². The molecule has 0 unspecified atom stereocenters. The highest BCUT2D eigenvalue weighted by atomic mass is 16.7. The Balaban J connectivity index is 1.33. The number of benzene rings is 2. The first-order valence-corrected chi connectivity index (χ1v) is 13.0. The first-order valence-electron chi connectivity index (χ1n) is 13.0. The molecule has 0 aliphatic carbocycles. The average Bonchev–Trinajstić information content (AvgIpc) is 3.42. The van der Waals surface area contributed by atoms with Crippen LogP contribution in [0.15, 0.2) is 52.9 Å². The third-order valence-corrected chi connectivity index (χ3v) is 7.05. The Morgan fingerprint density at radius 2 is 1.46 bits per heavy atom. The smallest absolute Gasteiger partial charge is 0.247 e. The number of ether oxygens (including phenoxy) is 4. The van der Waals surface area contributed by atoms with Gasteiger partial charge in [0, 0.05) is 12.5 Å². The van der Waals surface area contributed by atoms with Crippen molar-refractivity contribution in [3.63, 3.8) is 0 Å². The molecule has 7 N–H and O–H groups in total. The van der Waals surface area contributed by atoms with Gasteiger partial charge in [0.05, 0.1) is 13.2 Å². The average molecular weight is 577 g/mol. The standard InChI is InChI=1S/C27H32N2O12/c1-12-28-29-26(37-12)13-5-7-15(8-6-13)38-16-4-2-3-14(9-16)24-23(36)25(20(33)18(11-31)39-24)41-27-22(35)21(34)19(32)17(10-30)40-27/h2-9,17-25,27,30-36H,10-11H2,1H3/t17-,18-,19-,20+,21+,22+,23+,24-,25+,27-/m1/s1. The molecular weight excluding hydrogens is 544 g/mol. The largest absolute Gasteiger partial charge is 0.457 e. The summed E-state index contributed by atoms with van der Waals surface area (Å²) in [6, 6.07) is 13.6. The van der Waals surface area contributed by atoms with Gasteiger partial charge in [0.1, 0.15) is 66.4 Å². The van der Waals surface area contributed by atoms with Gasteiger partial charge in [-0.1, -0.05) is 12.1 Å². The van der Waals surface area contributed by atoms with Crippen LogP contribution in [0.3, 0.4) is 0 Å². The Morgan fingerprint density at radius 1 is 0.756 bits per heavy atom. The number of aromatic nitrogens is 2. The van der Waals surface area contributed by atoms with E-state index in [-0.39, 0.29) is 0 Å². The number of hydrogen-bond acceptors (Lipinski definition) is 14. The van der Waals surface area contributed by atoms with Gasteiger partial charge >= 0.3 is 0 Å². The number of nitrogens with zero attached hydrogens (tertiary/aromatic N) is 2. The highest BCUT2D eigenvalue weighted by Crippen LogP contribution is 2.37. The van der Waals surface area contributed by atoms with E-state index in [1.165, 1.54) is 0 Å². The molecule has 41 heavy (non-hydrogen) atoms. The molecular formula is C27H32N2O12. The van der Waals surface area contributed by atoms with Crippen molar-refractivity contribution in [3.8, 4) is 23.0 Å². The maximum Gasteiger partial charge on any atom is 0.247 e. The van der Waals surface area contributed by atoms with Gasteiger partial charge < -0.3 is 59.1 Å². The Hall–Kier alpha value is -3.02. The van der Waals surface area contributed by atoms with Gasteiger partial charge in [-0.3, -0.25) is 0 Å². The van der Waals surface area contributed by atoms with E-state index < -0.39 is 74.4 Å². The summed E-state index contributed by atoms with van der Waals surface area (Å²) < 4.78 is 28.2. The van der Waals surface area contributed by atoms with Crippen LogP contribution in [0.25, 0.3) is 11.5 Å². The van der Waals surface area contributed by atoms with E-state index >= 15 is 0 Å². The highest BCUT2D eigenvalue weighted by molar-refractivity contribution is 5.54. The van der Waals surface area contributed by atoms with Crippen molar-refractivity contribution in [1.29, 1.82) is 0 Å². The lowest BCUT2D eigenvalue weighted by molar-refractivity contribution is -0.342. The summed E-state index contributed by atoms with van der Waals surface area (Å²) in [5, 5.41) is 79.6. The van der Waals surface area contributed by atoms with Gasteiger partial charge in [-0.15, -0.1) is 10.2 Å². The van der Waals surface area contributed by atoms with Crippen molar-refractivity contribution in [3.05, 3.63) is 60.0 Å². The molecule has 5 rings (SSSR count). The lowest BCUT2D eigenvalue weighted by Crippen LogP contribution is -2.63. The maximum atomic E-state index is 11.2. The number of hydrogen-bond donors (Lipinski definition) is 7. The predicted molar refractivity (Wildman–Crippen MR) is 136 cm³/mol. The van der Waals surface area contributed by atoms with Crippen molar-refractivity contribution >= 4 is 0 Å². The van der Waals surface area contributed by atoms with Gasteiger partial charge in [0.15, 0.2) is 6.29 Å². The molecule has 222 valence electrons. The fourth-order valence-electron chi connectivity index (χ4n) is 4.83. The van der Waals surface area contributed by atoms with Crippen molar-refractivity contribution in [2.75, 3.05) is 13.2 Å². The van der Waals surface area contributed by atoms with Crippen LogP contribution in [-0.2, 0) is 14.2 Å². The Kier molecular flexibility index (Phi) is 8.96. The summed E-state index contributed by atoms with van der Waals surface area (Å²) in [6.07, 6.45) is -14.8. The normalized spacial score (nSPS) is 34.0. The molecule has 2 aliphatic heterocycles. The molecule has 0 amide bonds. The molecule has 2 fully saturated rings. The summed E-state index contributed by atoms with van der Waals surface area (Å²) in [6.45, 7) is 0.389. The molecule has 0 saturated carbocycles. The minimum Gasteiger partial charge on any atom is -0.457 e. The summed E-state index contributed by atoms with van der Waals surface area (Å²) >= 11 is 0. The highest BCUT2D eigenvalue weighted by Gasteiger charge is 2.50. The molecule has 10 atom stereocenters. The first kappa shape index (κ1) is 29.5. The zero-order valence-electron chi connectivity index (χ0n) is 21.9. The van der Waals surface area contributed by atoms with E-state index in [2.05, 4.69) is 10.2 Å². The molecule has 3 heterocycles. The molecule has 0 bridgehead atoms. The summed E-state index contributed by atoms with van der Waals surface area (Å²) in [5.41, 5.74) is 1.14. The molecule has 0 spiro atoms. The fourth-order valence-corrected chi connectivity index (χ4v) is 4.83. The molecule has 1 aromatic heterocycles. The van der Waals surface area contributed by atoms with Gasteiger partial charge in [-0.05, 0) is 42.0 Å². The lowest BCUT2D eigenvalue weighted by atomic mass is 9.90. The maximum absolute atomic E-state index is 11.2. The van der Waals surface area contributed by atoms with Gasteiger partial charge in [0.25, 0.3) is 0 Å². The predicted octanol–water partition coefficient (Wildman–Crippen LogP) is -0.824. The van der Waals surface area contributed by atoms with Crippen molar-refractivity contribution in [2.45, 2.75) is 68.1 Å². The zero-order chi connectivity index (χ0) is 29.3. The van der Waals surface area contributed by atoms with Crippen LogP contribution < -0.4 is 4.74 Å². The molecule has 14 heteroatoms. The third-order valence-electron chi connectivity index (χ3n) is 7.05. The van der Waals surface area contributed by atoms with Crippen molar-refractivity contribution < 1.29 is 59.1 Å². The molecule has 14 nitrogen and oxygen atoms in total. The van der Waals surface area contributed by atoms with Crippen LogP contribution in [-0.4, -0.2) is 114 Å². The first-order chi connectivity index (χ1) is 19.7. The SMILES string of the molecule is Cc1nnc(-c2ccc(Oc3cccc([C@H]4O[C@H](CO)[C@H](O)[C@H](O[C@H]5O[C@H](CO)[C@@H](O)[C@H](O)[C@@H]5O)[C@H]4O)c3)cc2)o1. The van der Waals surface area contributed by atoms with Gasteiger partial charge in [-0.25, -0.2) is 0 Å². The van der Waals surface area contributed by atoms with E-state index in [1.54, 1.807) is 55.5 Å². The Morgan fingerprint density at radius 3 is 2.12 bits per heavy atom. The quantitative estimate of drug-likeness (QED) is 0.174. The fraction of sp³-hybridized carbons (Fsp3) is 0.481. The minimum atomic E-state index is -1.76. The van der Waals surface area contributed by atoms with E-state index in [0.29, 0.717) is 34.4 Å². The van der Waals surface area contributed by atoms with E-state index in [4.69, 9.17) is 23.4 Å². The second kappa shape index (κ2) is 12.5. The van der Waals surface area contributed by atoms with Crippen LogP contribution in [0, 0.1) is 6.92 Å². The topological polar surface area (TPSA) is 217 Å². The molecule has 2 aromatic carbocycles. The van der Waals surface area contributed by atoms with Gasteiger partial charge in [-0.2, -0.15) is 0 Å². The van der Waals surface area contributed by atoms with Crippen LogP contribution in [0.2, 0.25) is 0 Å². The zero-order valence-corrected chi connectivity index (χ0v) is 21.9. The molecule has 2 aliphatic rings. The number of aliphatic hydroxyl groups excluding tert-OH is 7. The molecule has 3 aromatic rings. The van der Waals surface area contributed by atoms with Crippen LogP contribution >= 0.6 is 0 Å². The van der Waals surface area contributed by atoms with Crippen molar-refractivity contribution in [2.24, 2.45) is 0 Å². The third kappa shape index (κ3) is 6.12. The molecule has 0 radical (unpaired) electrons. The monoisotopic (exact) mass is 576 g/mol. The number of aryl methyl sites for hydroxylation is 1. The lowest BCUT2D eigenvalue weighted by Gasteiger charge is -2.46. The molecule has 2 saturated heterocycles. The Bertz CT molecular complexity index is 1290. The summed E-state index contributed by atoms with van der Waals surface area (Å²) in [5.74, 6) is 1.72. The van der Waals surface area contributed by atoms with Gasteiger partial charge in [0.2, 0.25) is 11.8 Å². The van der Waals surface area contributed by atoms with Crippen LogP contribution in [0.5, 0.6) is 11.5 Å². The van der Waals surface area contributed by atoms with Crippen molar-refractivity contribution in [1.82, 2.24) is 10.2 Å². The van der Waals surface area contributed by atoms with Crippen LogP contribution in [0.1, 0.15) is 17.6 Å². The second-order valence-corrected chi connectivity index (χ2v) is 9.88. The summed E-state index contributed by atoms with van der Waals surface area (Å²) in [7, 11) is 0. The summed E-state index contributed by atoms with van der Waals surface area (Å²) in [4.78, 5) is 0. The number of aliphatic hydroxyl groups is 7. The minimum absolute atomic E-state index is 0.376. The second-order valence-electron chi connectivity index (χ2n) is 9.88. The van der Waals surface area contributed by atoms with Crippen LogP contribution in [0.4, 0.5) is 0 Å². The number of rotatable bonds is 8. The Labute approximate surface area is 233 Å². The van der Waals surface area contributed by atoms with E-state index in [0.717, 1.165) is 0 Å². The van der Waals surface area contributed by atoms with E-state index in [9.17, 15) is 35.7 Å².